The van der Waals surface area contributed by atoms with Crippen molar-refractivity contribution in [3.05, 3.63) is 72.8 Å². The van der Waals surface area contributed by atoms with Gasteiger partial charge in [0.05, 0.1) is 11.4 Å². The second-order valence-electron chi connectivity index (χ2n) is 6.38. The van der Waals surface area contributed by atoms with Crippen LogP contribution in [0.25, 0.3) is 0 Å². The number of carbonyl (C=O) groups is 3. The van der Waals surface area contributed by atoms with Crippen LogP contribution >= 0.6 is 0 Å². The van der Waals surface area contributed by atoms with Gasteiger partial charge in [-0.2, -0.15) is 0 Å². The first-order chi connectivity index (χ1) is 13.6. The summed E-state index contributed by atoms with van der Waals surface area (Å²) >= 11 is 0. The van der Waals surface area contributed by atoms with Gasteiger partial charge in [-0.1, -0.05) is 48.5 Å². The van der Waals surface area contributed by atoms with Gasteiger partial charge in [0.25, 0.3) is 0 Å². The number of anilines is 2. The van der Waals surface area contributed by atoms with Crippen LogP contribution in [-0.4, -0.2) is 37.0 Å². The molecule has 7 nitrogen and oxygen atoms in total. The number of hydrogen-bond donors (Lipinski definition) is 3. The molecule has 144 valence electrons. The summed E-state index contributed by atoms with van der Waals surface area (Å²) in [7, 11) is 0. The molecular weight excluding hydrogens is 356 g/mol. The van der Waals surface area contributed by atoms with E-state index in [0.717, 1.165) is 5.56 Å². The van der Waals surface area contributed by atoms with Crippen LogP contribution in [-0.2, 0) is 16.0 Å². The van der Waals surface area contributed by atoms with Gasteiger partial charge in [-0.25, -0.2) is 4.79 Å². The molecule has 1 aliphatic rings. The summed E-state index contributed by atoms with van der Waals surface area (Å²) in [6.07, 6.45) is 1.90. The van der Waals surface area contributed by atoms with Crippen LogP contribution in [0, 0.1) is 0 Å². The molecule has 1 heterocycles. The lowest BCUT2D eigenvalue weighted by atomic mass is 10.1. The normalized spacial score (nSPS) is 13.7. The van der Waals surface area contributed by atoms with E-state index in [4.69, 9.17) is 0 Å². The average molecular weight is 378 g/mol. The summed E-state index contributed by atoms with van der Waals surface area (Å²) in [4.78, 5) is 38.8. The van der Waals surface area contributed by atoms with E-state index in [9.17, 15) is 14.4 Å². The number of hydrogen-bond acceptors (Lipinski definition) is 3. The van der Waals surface area contributed by atoms with Crippen LogP contribution in [0.4, 0.5) is 16.2 Å². The monoisotopic (exact) mass is 378 g/mol. The minimum atomic E-state index is -0.785. The molecule has 0 fully saturated rings. The number of amides is 4. The Hall–Kier alpha value is -3.61. The Morgan fingerprint density at radius 1 is 1.14 bits per heavy atom. The third-order valence-corrected chi connectivity index (χ3v) is 4.33. The van der Waals surface area contributed by atoms with Crippen LogP contribution in [0.15, 0.2) is 67.3 Å². The molecule has 0 bridgehead atoms. The minimum Gasteiger partial charge on any atom is -0.351 e. The van der Waals surface area contributed by atoms with Gasteiger partial charge in [-0.05, 0) is 17.7 Å². The zero-order valence-corrected chi connectivity index (χ0v) is 15.4. The maximum Gasteiger partial charge on any atom is 0.323 e. The molecule has 3 N–H and O–H groups in total. The maximum absolute atomic E-state index is 12.9. The van der Waals surface area contributed by atoms with Crippen LogP contribution in [0.3, 0.4) is 0 Å². The third-order valence-electron chi connectivity index (χ3n) is 4.33. The van der Waals surface area contributed by atoms with Gasteiger partial charge >= 0.3 is 6.03 Å². The summed E-state index contributed by atoms with van der Waals surface area (Å²) in [5.74, 6) is -0.601. The maximum atomic E-state index is 12.9. The summed E-state index contributed by atoms with van der Waals surface area (Å²) in [6, 6.07) is 15.2. The Morgan fingerprint density at radius 2 is 1.86 bits per heavy atom. The standard InChI is InChI=1S/C21H22N4O3/c1-2-12-22-20(27)17(13-15-8-4-3-5-9-15)24-21(28)25-14-19(26)23-16-10-6-7-11-18(16)25/h2-11,17H,1,12-14H2,(H,22,27)(H,23,26)(H,24,28)/t17-/m1/s1. The first-order valence-corrected chi connectivity index (χ1v) is 8.98. The fourth-order valence-electron chi connectivity index (χ4n) is 3.00. The largest absolute Gasteiger partial charge is 0.351 e. The van der Waals surface area contributed by atoms with Crippen LogP contribution < -0.4 is 20.9 Å². The van der Waals surface area contributed by atoms with E-state index in [1.54, 1.807) is 30.3 Å². The van der Waals surface area contributed by atoms with Crippen molar-refractivity contribution in [1.82, 2.24) is 10.6 Å². The van der Waals surface area contributed by atoms with Gasteiger partial charge in [-0.3, -0.25) is 14.5 Å². The number of nitrogens with one attached hydrogen (secondary N) is 3. The Labute approximate surface area is 163 Å². The second-order valence-corrected chi connectivity index (χ2v) is 6.38. The zero-order valence-electron chi connectivity index (χ0n) is 15.4. The average Bonchev–Trinajstić information content (AvgIpc) is 2.71. The van der Waals surface area contributed by atoms with E-state index in [2.05, 4.69) is 22.5 Å². The fourth-order valence-corrected chi connectivity index (χ4v) is 3.00. The van der Waals surface area contributed by atoms with Crippen molar-refractivity contribution in [2.45, 2.75) is 12.5 Å². The van der Waals surface area contributed by atoms with Crippen molar-refractivity contribution in [3.8, 4) is 0 Å². The van der Waals surface area contributed by atoms with E-state index in [-0.39, 0.29) is 18.4 Å². The van der Waals surface area contributed by atoms with Crippen molar-refractivity contribution >= 4 is 29.2 Å². The van der Waals surface area contributed by atoms with Crippen molar-refractivity contribution in [2.24, 2.45) is 0 Å². The molecule has 2 aromatic carbocycles. The lowest BCUT2D eigenvalue weighted by Gasteiger charge is -2.30. The first kappa shape index (κ1) is 19.2. The van der Waals surface area contributed by atoms with Gasteiger partial charge in [0.2, 0.25) is 11.8 Å². The Morgan fingerprint density at radius 3 is 2.61 bits per heavy atom. The molecule has 3 rings (SSSR count). The zero-order chi connectivity index (χ0) is 19.9. The van der Waals surface area contributed by atoms with Gasteiger partial charge < -0.3 is 16.0 Å². The summed E-state index contributed by atoms with van der Waals surface area (Å²) in [5.41, 5.74) is 2.06. The van der Waals surface area contributed by atoms with Crippen LogP contribution in [0.1, 0.15) is 5.56 Å². The number of rotatable bonds is 6. The molecule has 0 spiro atoms. The number of fused-ring (bicyclic) bond motifs is 1. The number of nitrogens with zero attached hydrogens (tertiary/aromatic N) is 1. The Balaban J connectivity index is 1.79. The molecule has 0 aliphatic carbocycles. The van der Waals surface area contributed by atoms with Gasteiger partial charge in [-0.15, -0.1) is 6.58 Å². The molecule has 1 atom stereocenters. The predicted octanol–water partition coefficient (Wildman–Crippen LogP) is 2.07. The molecule has 0 radical (unpaired) electrons. The highest BCUT2D eigenvalue weighted by Crippen LogP contribution is 2.28. The van der Waals surface area contributed by atoms with E-state index in [1.807, 2.05) is 30.3 Å². The predicted molar refractivity (Wildman–Crippen MR) is 108 cm³/mol. The van der Waals surface area contributed by atoms with Crippen LogP contribution in [0.2, 0.25) is 0 Å². The van der Waals surface area contributed by atoms with E-state index < -0.39 is 12.1 Å². The smallest absolute Gasteiger partial charge is 0.323 e. The summed E-state index contributed by atoms with van der Waals surface area (Å²) in [6.45, 7) is 3.77. The molecule has 0 aromatic heterocycles. The molecule has 2 aromatic rings. The minimum absolute atomic E-state index is 0.116. The topological polar surface area (TPSA) is 90.5 Å². The quantitative estimate of drug-likeness (QED) is 0.672. The SMILES string of the molecule is C=CCNC(=O)[C@@H](Cc1ccccc1)NC(=O)N1CC(=O)Nc2ccccc21. The van der Waals surface area contributed by atoms with Crippen molar-refractivity contribution in [3.63, 3.8) is 0 Å². The molecule has 7 heteroatoms. The van der Waals surface area contributed by atoms with E-state index in [1.165, 1.54) is 4.90 Å². The second kappa shape index (κ2) is 8.85. The highest BCUT2D eigenvalue weighted by molar-refractivity contribution is 6.10. The Bertz CT molecular complexity index is 882. The summed E-state index contributed by atoms with van der Waals surface area (Å²) < 4.78 is 0. The molecule has 0 saturated heterocycles. The number of carbonyl (C=O) groups excluding carboxylic acids is 3. The lowest BCUT2D eigenvalue weighted by Crippen LogP contribution is -2.54. The number of benzene rings is 2. The van der Waals surface area contributed by atoms with Gasteiger partial charge in [0.15, 0.2) is 0 Å². The van der Waals surface area contributed by atoms with Crippen molar-refractivity contribution in [1.29, 1.82) is 0 Å². The van der Waals surface area contributed by atoms with E-state index in [0.29, 0.717) is 24.3 Å². The van der Waals surface area contributed by atoms with Crippen molar-refractivity contribution in [2.75, 3.05) is 23.3 Å². The number of para-hydroxylation sites is 2. The number of urea groups is 1. The molecule has 0 saturated carbocycles. The molecule has 4 amide bonds. The Kier molecular flexibility index (Phi) is 6.06. The molecule has 28 heavy (non-hydrogen) atoms. The van der Waals surface area contributed by atoms with Gasteiger partial charge in [0, 0.05) is 13.0 Å². The highest BCUT2D eigenvalue weighted by Gasteiger charge is 2.29. The van der Waals surface area contributed by atoms with Gasteiger partial charge in [0.1, 0.15) is 12.6 Å². The first-order valence-electron chi connectivity index (χ1n) is 8.98. The van der Waals surface area contributed by atoms with Crippen molar-refractivity contribution < 1.29 is 14.4 Å². The molecule has 1 aliphatic heterocycles. The van der Waals surface area contributed by atoms with E-state index >= 15 is 0 Å². The highest BCUT2D eigenvalue weighted by atomic mass is 16.2. The summed E-state index contributed by atoms with van der Waals surface area (Å²) in [5, 5.41) is 8.22. The third kappa shape index (κ3) is 4.56. The molecular formula is C21H22N4O3. The molecule has 0 unspecified atom stereocenters. The fraction of sp³-hybridized carbons (Fsp3) is 0.190. The lowest BCUT2D eigenvalue weighted by molar-refractivity contribution is -0.122. The van der Waals surface area contributed by atoms with Crippen LogP contribution in [0.5, 0.6) is 0 Å².